The van der Waals surface area contributed by atoms with Crippen molar-refractivity contribution >= 4 is 23.4 Å². The molecule has 0 aliphatic rings. The van der Waals surface area contributed by atoms with Crippen molar-refractivity contribution in [2.75, 3.05) is 24.4 Å². The van der Waals surface area contributed by atoms with Gasteiger partial charge >= 0.3 is 12.0 Å². The Morgan fingerprint density at radius 2 is 1.50 bits per heavy atom. The predicted molar refractivity (Wildman–Crippen MR) is 117 cm³/mol. The molecule has 0 unspecified atom stereocenters. The van der Waals surface area contributed by atoms with E-state index in [1.807, 2.05) is 36.4 Å². The first-order valence-corrected chi connectivity index (χ1v) is 9.68. The van der Waals surface area contributed by atoms with E-state index in [1.54, 1.807) is 30.3 Å². The number of amides is 2. The molecular weight excluding hydrogens is 380 g/mol. The number of carbonyl (C=O) groups is 2. The van der Waals surface area contributed by atoms with Crippen LogP contribution in [0.3, 0.4) is 0 Å². The van der Waals surface area contributed by atoms with Gasteiger partial charge in [-0.25, -0.2) is 9.59 Å². The highest BCUT2D eigenvalue weighted by Gasteiger charge is 2.15. The molecule has 3 aromatic rings. The number of ether oxygens (including phenoxy) is 2. The quantitative estimate of drug-likeness (QED) is 0.403. The zero-order chi connectivity index (χ0) is 21.2. The minimum absolute atomic E-state index is 0.259. The van der Waals surface area contributed by atoms with Gasteiger partial charge in [-0.15, -0.1) is 0 Å². The van der Waals surface area contributed by atoms with Crippen molar-refractivity contribution in [2.24, 2.45) is 0 Å². The molecule has 0 heterocycles. The SMILES string of the molecule is COC(=O)c1cc(NC(=O)Nc2ccccc2)ccc1OCCCc1ccccc1. The van der Waals surface area contributed by atoms with E-state index in [4.69, 9.17) is 9.47 Å². The smallest absolute Gasteiger partial charge is 0.341 e. The fourth-order valence-electron chi connectivity index (χ4n) is 2.92. The molecule has 0 saturated heterocycles. The Labute approximate surface area is 175 Å². The number of rotatable bonds is 8. The summed E-state index contributed by atoms with van der Waals surface area (Å²) >= 11 is 0. The summed E-state index contributed by atoms with van der Waals surface area (Å²) in [7, 11) is 1.31. The van der Waals surface area contributed by atoms with Crippen LogP contribution in [-0.4, -0.2) is 25.7 Å². The monoisotopic (exact) mass is 404 g/mol. The number of urea groups is 1. The number of methoxy groups -OCH3 is 1. The van der Waals surface area contributed by atoms with Crippen molar-refractivity contribution in [1.29, 1.82) is 0 Å². The van der Waals surface area contributed by atoms with Crippen molar-refractivity contribution in [3.63, 3.8) is 0 Å². The average molecular weight is 404 g/mol. The summed E-state index contributed by atoms with van der Waals surface area (Å²) in [5.74, 6) is -0.107. The van der Waals surface area contributed by atoms with Crippen LogP contribution < -0.4 is 15.4 Å². The van der Waals surface area contributed by atoms with E-state index in [0.29, 0.717) is 23.7 Å². The molecule has 2 N–H and O–H groups in total. The largest absolute Gasteiger partial charge is 0.493 e. The van der Waals surface area contributed by atoms with Crippen molar-refractivity contribution in [3.05, 3.63) is 90.0 Å². The van der Waals surface area contributed by atoms with E-state index in [1.165, 1.54) is 12.7 Å². The molecule has 154 valence electrons. The zero-order valence-corrected chi connectivity index (χ0v) is 16.8. The minimum Gasteiger partial charge on any atom is -0.493 e. The van der Waals surface area contributed by atoms with Gasteiger partial charge in [0.15, 0.2) is 0 Å². The third-order valence-corrected chi connectivity index (χ3v) is 4.38. The lowest BCUT2D eigenvalue weighted by atomic mass is 10.1. The molecule has 3 aromatic carbocycles. The summed E-state index contributed by atoms with van der Waals surface area (Å²) in [6.07, 6.45) is 1.69. The number of anilines is 2. The van der Waals surface area contributed by atoms with Crippen LogP contribution in [0.5, 0.6) is 5.75 Å². The Morgan fingerprint density at radius 1 is 0.833 bits per heavy atom. The maximum Gasteiger partial charge on any atom is 0.341 e. The molecule has 0 aromatic heterocycles. The Balaban J connectivity index is 1.61. The van der Waals surface area contributed by atoms with Crippen LogP contribution in [0.2, 0.25) is 0 Å². The summed E-state index contributed by atoms with van der Waals surface area (Å²) < 4.78 is 10.7. The first-order valence-electron chi connectivity index (χ1n) is 9.68. The fourth-order valence-corrected chi connectivity index (χ4v) is 2.92. The molecule has 0 radical (unpaired) electrons. The summed E-state index contributed by atoms with van der Waals surface area (Å²) in [5, 5.41) is 5.44. The molecule has 6 nitrogen and oxygen atoms in total. The third-order valence-electron chi connectivity index (χ3n) is 4.38. The van der Waals surface area contributed by atoms with Crippen LogP contribution in [0.25, 0.3) is 0 Å². The summed E-state index contributed by atoms with van der Waals surface area (Å²) in [6, 6.07) is 23.7. The molecule has 3 rings (SSSR count). The molecule has 0 fully saturated rings. The fraction of sp³-hybridized carbons (Fsp3) is 0.167. The van der Waals surface area contributed by atoms with Crippen LogP contribution in [-0.2, 0) is 11.2 Å². The van der Waals surface area contributed by atoms with Crippen LogP contribution in [0.4, 0.5) is 16.2 Å². The molecule has 0 aliphatic carbocycles. The molecule has 0 spiro atoms. The molecule has 30 heavy (non-hydrogen) atoms. The van der Waals surface area contributed by atoms with Crippen LogP contribution in [0.1, 0.15) is 22.3 Å². The van der Waals surface area contributed by atoms with E-state index in [2.05, 4.69) is 22.8 Å². The van der Waals surface area contributed by atoms with Gasteiger partial charge in [0.1, 0.15) is 11.3 Å². The molecule has 0 bridgehead atoms. The van der Waals surface area contributed by atoms with E-state index < -0.39 is 12.0 Å². The maximum absolute atomic E-state index is 12.2. The van der Waals surface area contributed by atoms with Gasteiger partial charge in [-0.3, -0.25) is 0 Å². The van der Waals surface area contributed by atoms with E-state index in [-0.39, 0.29) is 5.56 Å². The van der Waals surface area contributed by atoms with Crippen LogP contribution in [0.15, 0.2) is 78.9 Å². The van der Waals surface area contributed by atoms with Gasteiger partial charge in [-0.1, -0.05) is 48.5 Å². The van der Waals surface area contributed by atoms with Gasteiger partial charge in [0.25, 0.3) is 0 Å². The lowest BCUT2D eigenvalue weighted by molar-refractivity contribution is 0.0596. The lowest BCUT2D eigenvalue weighted by Gasteiger charge is -2.13. The Bertz CT molecular complexity index is 975. The Morgan fingerprint density at radius 3 is 2.20 bits per heavy atom. The topological polar surface area (TPSA) is 76.7 Å². The van der Waals surface area contributed by atoms with Gasteiger partial charge < -0.3 is 20.1 Å². The van der Waals surface area contributed by atoms with Gasteiger partial charge in [-0.05, 0) is 48.7 Å². The number of hydrogen-bond donors (Lipinski definition) is 2. The normalized spacial score (nSPS) is 10.2. The molecule has 0 saturated carbocycles. The highest BCUT2D eigenvalue weighted by Crippen LogP contribution is 2.24. The molecular formula is C24H24N2O4. The van der Waals surface area contributed by atoms with Crippen molar-refractivity contribution in [2.45, 2.75) is 12.8 Å². The number of esters is 1. The second kappa shape index (κ2) is 10.7. The van der Waals surface area contributed by atoms with Crippen molar-refractivity contribution < 1.29 is 19.1 Å². The Kier molecular flexibility index (Phi) is 7.44. The first kappa shape index (κ1) is 20.9. The molecule has 2 amide bonds. The first-order chi connectivity index (χ1) is 14.7. The number of aryl methyl sites for hydroxylation is 1. The van der Waals surface area contributed by atoms with Crippen LogP contribution >= 0.6 is 0 Å². The zero-order valence-electron chi connectivity index (χ0n) is 16.8. The number of para-hydroxylation sites is 1. The highest BCUT2D eigenvalue weighted by atomic mass is 16.5. The third kappa shape index (κ3) is 6.10. The lowest BCUT2D eigenvalue weighted by Crippen LogP contribution is -2.19. The second-order valence-electron chi connectivity index (χ2n) is 6.59. The van der Waals surface area contributed by atoms with E-state index in [9.17, 15) is 9.59 Å². The molecule has 6 heteroatoms. The van der Waals surface area contributed by atoms with E-state index in [0.717, 1.165) is 12.8 Å². The van der Waals surface area contributed by atoms with Gasteiger partial charge in [0, 0.05) is 11.4 Å². The summed E-state index contributed by atoms with van der Waals surface area (Å²) in [4.78, 5) is 24.4. The number of hydrogen-bond acceptors (Lipinski definition) is 4. The average Bonchev–Trinajstić information content (AvgIpc) is 2.78. The number of nitrogens with one attached hydrogen (secondary N) is 2. The highest BCUT2D eigenvalue weighted by molar-refractivity contribution is 6.01. The van der Waals surface area contributed by atoms with Crippen LogP contribution in [0, 0.1) is 0 Å². The van der Waals surface area contributed by atoms with Crippen molar-refractivity contribution in [1.82, 2.24) is 0 Å². The van der Waals surface area contributed by atoms with Gasteiger partial charge in [-0.2, -0.15) is 0 Å². The standard InChI is InChI=1S/C24H24N2O4/c1-29-23(27)21-17-20(26-24(28)25-19-12-6-3-7-13-19)14-15-22(21)30-16-8-11-18-9-4-2-5-10-18/h2-7,9-10,12-15,17H,8,11,16H2,1H3,(H2,25,26,28). The molecule has 0 atom stereocenters. The molecule has 0 aliphatic heterocycles. The van der Waals surface area contributed by atoms with Gasteiger partial charge in [0.2, 0.25) is 0 Å². The Hall–Kier alpha value is -3.80. The minimum atomic E-state index is -0.528. The number of carbonyl (C=O) groups excluding carboxylic acids is 2. The van der Waals surface area contributed by atoms with E-state index >= 15 is 0 Å². The summed E-state index contributed by atoms with van der Waals surface area (Å²) in [5.41, 5.74) is 2.62. The maximum atomic E-state index is 12.2. The second-order valence-corrected chi connectivity index (χ2v) is 6.59. The summed E-state index contributed by atoms with van der Waals surface area (Å²) in [6.45, 7) is 0.458. The van der Waals surface area contributed by atoms with Gasteiger partial charge in [0.05, 0.1) is 13.7 Å². The van der Waals surface area contributed by atoms with Crippen molar-refractivity contribution in [3.8, 4) is 5.75 Å². The predicted octanol–water partition coefficient (Wildman–Crippen LogP) is 5.13. The number of benzene rings is 3.